The molecule has 0 spiro atoms. The maximum absolute atomic E-state index is 12.2. The molecular weight excluding hydrogens is 302 g/mol. The summed E-state index contributed by atoms with van der Waals surface area (Å²) < 4.78 is 5.01. The first-order valence-corrected chi connectivity index (χ1v) is 6.75. The number of urea groups is 1. The quantitative estimate of drug-likeness (QED) is 0.373. The number of carbonyl (C=O) groups is 2. The molecule has 2 rings (SSSR count). The van der Waals surface area contributed by atoms with Crippen LogP contribution >= 0.6 is 0 Å². The summed E-state index contributed by atoms with van der Waals surface area (Å²) in [6.07, 6.45) is 1.41. The Kier molecular flexibility index (Phi) is 4.75. The molecule has 0 radical (unpaired) electrons. The molecule has 120 valence electrons. The average Bonchev–Trinajstić information content (AvgIpc) is 2.51. The molecule has 1 heterocycles. The van der Waals surface area contributed by atoms with E-state index >= 15 is 0 Å². The lowest BCUT2D eigenvalue weighted by Gasteiger charge is -2.27. The number of hydrogen-bond acceptors (Lipinski definition) is 5. The molecular formula is C15H15N3O5. The number of amides is 2. The van der Waals surface area contributed by atoms with Gasteiger partial charge in [-0.05, 0) is 13.0 Å². The lowest BCUT2D eigenvalue weighted by molar-refractivity contribution is -0.385. The highest BCUT2D eigenvalue weighted by molar-refractivity contribution is 5.95. The van der Waals surface area contributed by atoms with Gasteiger partial charge in [0.15, 0.2) is 0 Å². The summed E-state index contributed by atoms with van der Waals surface area (Å²) >= 11 is 0. The van der Waals surface area contributed by atoms with E-state index in [0.29, 0.717) is 0 Å². The van der Waals surface area contributed by atoms with Gasteiger partial charge in [-0.1, -0.05) is 24.8 Å². The van der Waals surface area contributed by atoms with E-state index in [9.17, 15) is 19.7 Å². The van der Waals surface area contributed by atoms with Gasteiger partial charge in [0.25, 0.3) is 5.69 Å². The Balaban J connectivity index is 2.51. The number of hydrogen-bond donors (Lipinski definition) is 2. The second-order valence-corrected chi connectivity index (χ2v) is 4.77. The first kappa shape index (κ1) is 16.2. The molecule has 0 fully saturated rings. The number of nitro benzene ring substituents is 1. The summed E-state index contributed by atoms with van der Waals surface area (Å²) in [7, 11) is 0. The number of para-hydroxylation sites is 1. The molecule has 0 saturated carbocycles. The van der Waals surface area contributed by atoms with Gasteiger partial charge in [0.05, 0.1) is 22.1 Å². The highest BCUT2D eigenvalue weighted by Crippen LogP contribution is 2.33. The minimum atomic E-state index is -0.970. The number of carbonyl (C=O) groups excluding carboxylic acids is 2. The number of rotatable bonds is 5. The predicted molar refractivity (Wildman–Crippen MR) is 81.4 cm³/mol. The summed E-state index contributed by atoms with van der Waals surface area (Å²) in [5.41, 5.74) is 0.408. The zero-order valence-corrected chi connectivity index (χ0v) is 12.4. The van der Waals surface area contributed by atoms with Crippen molar-refractivity contribution in [2.45, 2.75) is 13.0 Å². The topological polar surface area (TPSA) is 111 Å². The molecule has 8 nitrogen and oxygen atoms in total. The van der Waals surface area contributed by atoms with Crippen LogP contribution in [0.5, 0.6) is 0 Å². The number of ether oxygens (including phenoxy) is 1. The lowest BCUT2D eigenvalue weighted by Crippen LogP contribution is -2.45. The second kappa shape index (κ2) is 6.73. The molecule has 1 aromatic rings. The van der Waals surface area contributed by atoms with Crippen molar-refractivity contribution in [2.75, 3.05) is 6.61 Å². The molecule has 23 heavy (non-hydrogen) atoms. The zero-order valence-electron chi connectivity index (χ0n) is 12.4. The monoisotopic (exact) mass is 317 g/mol. The molecule has 2 N–H and O–H groups in total. The van der Waals surface area contributed by atoms with Crippen molar-refractivity contribution in [1.29, 1.82) is 0 Å². The fourth-order valence-electron chi connectivity index (χ4n) is 2.31. The van der Waals surface area contributed by atoms with Crippen LogP contribution in [0.15, 0.2) is 48.2 Å². The van der Waals surface area contributed by atoms with E-state index in [4.69, 9.17) is 4.74 Å². The Morgan fingerprint density at radius 2 is 2.17 bits per heavy atom. The summed E-state index contributed by atoms with van der Waals surface area (Å²) in [6, 6.07) is 4.39. The van der Waals surface area contributed by atoms with Gasteiger partial charge in [0.1, 0.15) is 6.61 Å². The number of benzene rings is 1. The van der Waals surface area contributed by atoms with Crippen molar-refractivity contribution >= 4 is 17.7 Å². The zero-order chi connectivity index (χ0) is 17.0. The molecule has 1 aromatic carbocycles. The van der Waals surface area contributed by atoms with Gasteiger partial charge in [-0.3, -0.25) is 10.1 Å². The van der Waals surface area contributed by atoms with Crippen molar-refractivity contribution in [2.24, 2.45) is 0 Å². The van der Waals surface area contributed by atoms with E-state index in [2.05, 4.69) is 17.2 Å². The van der Waals surface area contributed by atoms with Crippen LogP contribution in [-0.4, -0.2) is 23.5 Å². The Labute approximate surface area is 132 Å². The van der Waals surface area contributed by atoms with Gasteiger partial charge in [0, 0.05) is 11.8 Å². The van der Waals surface area contributed by atoms with Crippen LogP contribution in [-0.2, 0) is 9.53 Å². The van der Waals surface area contributed by atoms with E-state index in [1.165, 1.54) is 31.2 Å². The number of nitrogens with zero attached hydrogens (tertiary/aromatic N) is 1. The molecule has 1 atom stereocenters. The highest BCUT2D eigenvalue weighted by atomic mass is 16.6. The minimum Gasteiger partial charge on any atom is -0.458 e. The van der Waals surface area contributed by atoms with Crippen molar-refractivity contribution in [3.8, 4) is 0 Å². The summed E-state index contributed by atoms with van der Waals surface area (Å²) in [4.78, 5) is 34.6. The van der Waals surface area contributed by atoms with Gasteiger partial charge >= 0.3 is 12.0 Å². The molecule has 1 aliphatic rings. The lowest BCUT2D eigenvalue weighted by atomic mass is 9.94. The first-order chi connectivity index (χ1) is 11.0. The van der Waals surface area contributed by atoms with Gasteiger partial charge in [0.2, 0.25) is 0 Å². The molecule has 0 aromatic heterocycles. The van der Waals surface area contributed by atoms with E-state index in [1.54, 1.807) is 6.07 Å². The van der Waals surface area contributed by atoms with Crippen LogP contribution in [0.3, 0.4) is 0 Å². The number of nitro groups is 1. The maximum Gasteiger partial charge on any atom is 0.338 e. The second-order valence-electron chi connectivity index (χ2n) is 4.77. The summed E-state index contributed by atoms with van der Waals surface area (Å²) in [5, 5.41) is 16.2. The third kappa shape index (κ3) is 3.37. The molecule has 1 aliphatic heterocycles. The molecule has 2 amide bonds. The van der Waals surface area contributed by atoms with Gasteiger partial charge in [-0.25, -0.2) is 9.59 Å². The maximum atomic E-state index is 12.2. The summed E-state index contributed by atoms with van der Waals surface area (Å²) in [5.74, 6) is -0.682. The van der Waals surface area contributed by atoms with Gasteiger partial charge in [-0.2, -0.15) is 0 Å². The molecule has 1 unspecified atom stereocenters. The van der Waals surface area contributed by atoms with Crippen molar-refractivity contribution in [3.63, 3.8) is 0 Å². The normalized spacial score (nSPS) is 17.1. The Hall–Kier alpha value is -3.16. The third-order valence-electron chi connectivity index (χ3n) is 3.27. The molecule has 0 bridgehead atoms. The third-order valence-corrected chi connectivity index (χ3v) is 3.27. The highest BCUT2D eigenvalue weighted by Gasteiger charge is 2.35. The van der Waals surface area contributed by atoms with Crippen molar-refractivity contribution in [3.05, 3.63) is 63.9 Å². The minimum absolute atomic E-state index is 0.00678. The average molecular weight is 317 g/mol. The molecule has 8 heteroatoms. The smallest absolute Gasteiger partial charge is 0.338 e. The number of nitrogens with one attached hydrogen (secondary N) is 2. The predicted octanol–water partition coefficient (Wildman–Crippen LogP) is 1.95. The number of esters is 1. The Morgan fingerprint density at radius 1 is 1.48 bits per heavy atom. The van der Waals surface area contributed by atoms with Crippen molar-refractivity contribution in [1.82, 2.24) is 10.6 Å². The van der Waals surface area contributed by atoms with Crippen LogP contribution in [0.4, 0.5) is 10.5 Å². The number of allylic oxidation sites excluding steroid dienone is 1. The first-order valence-electron chi connectivity index (χ1n) is 6.75. The van der Waals surface area contributed by atoms with Crippen LogP contribution in [0, 0.1) is 10.1 Å². The largest absolute Gasteiger partial charge is 0.458 e. The SMILES string of the molecule is C=CCOC(=O)C1=C(C)NC(=O)NC1c1ccccc1[N+](=O)[O-]. The fraction of sp³-hybridized carbons (Fsp3) is 0.200. The molecule has 0 saturated heterocycles. The molecule has 0 aliphatic carbocycles. The summed E-state index contributed by atoms with van der Waals surface area (Å²) in [6.45, 7) is 4.98. The van der Waals surface area contributed by atoms with E-state index in [1.807, 2.05) is 0 Å². The van der Waals surface area contributed by atoms with Crippen LogP contribution in [0.2, 0.25) is 0 Å². The van der Waals surface area contributed by atoms with Crippen LogP contribution in [0.1, 0.15) is 18.5 Å². The van der Waals surface area contributed by atoms with E-state index in [-0.39, 0.29) is 29.1 Å². The van der Waals surface area contributed by atoms with Crippen LogP contribution in [0.25, 0.3) is 0 Å². The van der Waals surface area contributed by atoms with E-state index in [0.717, 1.165) is 0 Å². The van der Waals surface area contributed by atoms with Crippen LogP contribution < -0.4 is 10.6 Å². The Morgan fingerprint density at radius 3 is 2.83 bits per heavy atom. The Bertz CT molecular complexity index is 711. The van der Waals surface area contributed by atoms with Gasteiger partial charge in [-0.15, -0.1) is 0 Å². The standard InChI is InChI=1S/C15H15N3O5/c1-3-8-23-14(19)12-9(2)16-15(20)17-13(12)10-6-4-5-7-11(10)18(21)22/h3-7,13H,1,8H2,2H3,(H2,16,17,20). The van der Waals surface area contributed by atoms with Crippen molar-refractivity contribution < 1.29 is 19.2 Å². The van der Waals surface area contributed by atoms with E-state index < -0.39 is 23.0 Å². The van der Waals surface area contributed by atoms with Gasteiger partial charge < -0.3 is 15.4 Å². The fourth-order valence-corrected chi connectivity index (χ4v) is 2.31.